The van der Waals surface area contributed by atoms with Crippen molar-refractivity contribution in [2.75, 3.05) is 0 Å². The summed E-state index contributed by atoms with van der Waals surface area (Å²) in [7, 11) is -1.99. The van der Waals surface area contributed by atoms with E-state index in [2.05, 4.69) is 51.0 Å². The first-order valence-electron chi connectivity index (χ1n) is 9.71. The van der Waals surface area contributed by atoms with Gasteiger partial charge >= 0.3 is 0 Å². The summed E-state index contributed by atoms with van der Waals surface area (Å²) in [6, 6.07) is 10.2. The maximum atomic E-state index is 6.52. The molecule has 27 heavy (non-hydrogen) atoms. The molecule has 0 aromatic heterocycles. The SMILES string of the molecule is CC1(C)O[C@@H]2[C@@H](O[Si](C)(C)C(C)(C)C)O[C@H](C=NCc3ccccc3)[C@@H]2O1. The lowest BCUT2D eigenvalue weighted by molar-refractivity contribution is -0.207. The number of hydrogen-bond acceptors (Lipinski definition) is 5. The van der Waals surface area contributed by atoms with E-state index >= 15 is 0 Å². The molecule has 0 spiro atoms. The van der Waals surface area contributed by atoms with Crippen LogP contribution in [-0.4, -0.2) is 44.9 Å². The molecule has 0 unspecified atom stereocenters. The third-order valence-electron chi connectivity index (χ3n) is 5.63. The maximum absolute atomic E-state index is 6.52. The zero-order chi connectivity index (χ0) is 19.9. The lowest BCUT2D eigenvalue weighted by Gasteiger charge is -2.39. The minimum absolute atomic E-state index is 0.0975. The summed E-state index contributed by atoms with van der Waals surface area (Å²) in [6.45, 7) is 15.6. The Hall–Kier alpha value is -1.05. The van der Waals surface area contributed by atoms with Crippen LogP contribution in [0.4, 0.5) is 0 Å². The number of ether oxygens (including phenoxy) is 3. The van der Waals surface area contributed by atoms with Crippen molar-refractivity contribution in [2.24, 2.45) is 4.99 Å². The molecule has 2 aliphatic heterocycles. The molecule has 150 valence electrons. The zero-order valence-corrected chi connectivity index (χ0v) is 18.6. The average molecular weight is 392 g/mol. The topological polar surface area (TPSA) is 49.3 Å². The van der Waals surface area contributed by atoms with Crippen LogP contribution in [0.2, 0.25) is 18.1 Å². The lowest BCUT2D eigenvalue weighted by atomic mass is 10.1. The van der Waals surface area contributed by atoms with Gasteiger partial charge in [-0.2, -0.15) is 0 Å². The van der Waals surface area contributed by atoms with E-state index in [-0.39, 0.29) is 23.4 Å². The van der Waals surface area contributed by atoms with E-state index in [1.54, 1.807) is 0 Å². The second kappa shape index (κ2) is 7.41. The third-order valence-corrected chi connectivity index (χ3v) is 10.1. The molecule has 4 atom stereocenters. The first kappa shape index (κ1) is 20.7. The van der Waals surface area contributed by atoms with Crippen LogP contribution in [0, 0.1) is 0 Å². The standard InChI is InChI=1S/C21H33NO4Si/c1-20(2,3)27(6,7)26-19-18-17(24-21(4,5)25-18)16(23-19)14-22-13-15-11-9-8-10-12-15/h8-12,14,16-19H,13H2,1-7H3/t16-,17+,18+,19-/m1/s1. The molecule has 0 bridgehead atoms. The average Bonchev–Trinajstić information content (AvgIpc) is 3.02. The van der Waals surface area contributed by atoms with Crippen molar-refractivity contribution < 1.29 is 18.6 Å². The zero-order valence-electron chi connectivity index (χ0n) is 17.6. The summed E-state index contributed by atoms with van der Waals surface area (Å²) in [5.41, 5.74) is 1.17. The second-order valence-electron chi connectivity index (χ2n) is 9.39. The molecule has 6 heteroatoms. The quantitative estimate of drug-likeness (QED) is 0.547. The van der Waals surface area contributed by atoms with Gasteiger partial charge in [-0.25, -0.2) is 0 Å². The van der Waals surface area contributed by atoms with Crippen molar-refractivity contribution in [3.8, 4) is 0 Å². The van der Waals surface area contributed by atoms with Gasteiger partial charge in [0.2, 0.25) is 0 Å². The van der Waals surface area contributed by atoms with E-state index in [1.165, 1.54) is 5.56 Å². The highest BCUT2D eigenvalue weighted by Gasteiger charge is 2.57. The molecule has 5 nitrogen and oxygen atoms in total. The number of fused-ring (bicyclic) bond motifs is 1. The molecule has 2 aliphatic rings. The Labute approximate surface area is 164 Å². The third kappa shape index (κ3) is 4.69. The number of benzene rings is 1. The summed E-state index contributed by atoms with van der Waals surface area (Å²) in [5.74, 6) is -0.639. The molecule has 1 aromatic carbocycles. The molecule has 2 fully saturated rings. The van der Waals surface area contributed by atoms with E-state index in [0.717, 1.165) is 0 Å². The van der Waals surface area contributed by atoms with Crippen LogP contribution >= 0.6 is 0 Å². The van der Waals surface area contributed by atoms with Gasteiger partial charge in [0.1, 0.15) is 18.3 Å². The minimum atomic E-state index is -1.99. The molecule has 2 heterocycles. The van der Waals surface area contributed by atoms with Gasteiger partial charge in [0.25, 0.3) is 0 Å². The van der Waals surface area contributed by atoms with Crippen molar-refractivity contribution in [1.82, 2.24) is 0 Å². The predicted molar refractivity (Wildman–Crippen MR) is 109 cm³/mol. The van der Waals surface area contributed by atoms with Crippen LogP contribution in [0.3, 0.4) is 0 Å². The Bertz CT molecular complexity index is 669. The molecule has 0 aliphatic carbocycles. The van der Waals surface area contributed by atoms with E-state index < -0.39 is 20.4 Å². The van der Waals surface area contributed by atoms with Crippen LogP contribution in [0.15, 0.2) is 35.3 Å². The Balaban J connectivity index is 1.72. The summed E-state index contributed by atoms with van der Waals surface area (Å²) in [4.78, 5) is 4.58. The molecule has 0 radical (unpaired) electrons. The van der Waals surface area contributed by atoms with E-state index in [9.17, 15) is 0 Å². The van der Waals surface area contributed by atoms with Gasteiger partial charge < -0.3 is 18.6 Å². The monoisotopic (exact) mass is 391 g/mol. The number of hydrogen-bond donors (Lipinski definition) is 0. The normalized spacial score (nSPS) is 30.8. The van der Waals surface area contributed by atoms with Gasteiger partial charge in [0, 0.05) is 6.21 Å². The summed E-state index contributed by atoms with van der Waals surface area (Å²) >= 11 is 0. The number of rotatable bonds is 5. The van der Waals surface area contributed by atoms with Crippen LogP contribution in [-0.2, 0) is 25.2 Å². The molecular formula is C21H33NO4Si. The fraction of sp³-hybridized carbons (Fsp3) is 0.667. The Morgan fingerprint density at radius 2 is 1.74 bits per heavy atom. The smallest absolute Gasteiger partial charge is 0.195 e. The first-order chi connectivity index (χ1) is 12.5. The maximum Gasteiger partial charge on any atom is 0.195 e. The highest BCUT2D eigenvalue weighted by Crippen LogP contribution is 2.43. The van der Waals surface area contributed by atoms with Crippen molar-refractivity contribution in [3.63, 3.8) is 0 Å². The molecule has 0 amide bonds. The van der Waals surface area contributed by atoms with E-state index in [1.807, 2.05) is 38.3 Å². The molecular weight excluding hydrogens is 358 g/mol. The molecule has 3 rings (SSSR count). The Morgan fingerprint density at radius 3 is 2.37 bits per heavy atom. The first-order valence-corrected chi connectivity index (χ1v) is 12.6. The van der Waals surface area contributed by atoms with Crippen LogP contribution < -0.4 is 0 Å². The summed E-state index contributed by atoms with van der Waals surface area (Å²) in [6.07, 6.45) is 0.724. The Kier molecular flexibility index (Phi) is 5.67. The number of aliphatic imine (C=N–C) groups is 1. The molecule has 0 saturated carbocycles. The predicted octanol–water partition coefficient (Wildman–Crippen LogP) is 4.52. The lowest BCUT2D eigenvalue weighted by Crippen LogP contribution is -2.47. The molecule has 2 saturated heterocycles. The van der Waals surface area contributed by atoms with Crippen LogP contribution in [0.5, 0.6) is 0 Å². The number of nitrogens with zero attached hydrogens (tertiary/aromatic N) is 1. The fourth-order valence-corrected chi connectivity index (χ4v) is 4.24. The van der Waals surface area contributed by atoms with E-state index in [4.69, 9.17) is 18.6 Å². The highest BCUT2D eigenvalue weighted by molar-refractivity contribution is 6.74. The van der Waals surface area contributed by atoms with Gasteiger partial charge in [-0.15, -0.1) is 0 Å². The van der Waals surface area contributed by atoms with Gasteiger partial charge in [-0.3, -0.25) is 4.99 Å². The summed E-state index contributed by atoms with van der Waals surface area (Å²) in [5, 5.41) is 0.0975. The van der Waals surface area contributed by atoms with Crippen molar-refractivity contribution in [2.45, 2.75) is 89.7 Å². The Morgan fingerprint density at radius 1 is 1.11 bits per heavy atom. The van der Waals surface area contributed by atoms with Crippen molar-refractivity contribution in [3.05, 3.63) is 35.9 Å². The van der Waals surface area contributed by atoms with Gasteiger partial charge in [-0.05, 0) is 37.5 Å². The van der Waals surface area contributed by atoms with Crippen LogP contribution in [0.25, 0.3) is 0 Å². The molecule has 0 N–H and O–H groups in total. The van der Waals surface area contributed by atoms with Gasteiger partial charge in [-0.1, -0.05) is 51.1 Å². The fourth-order valence-electron chi connectivity index (χ4n) is 3.12. The van der Waals surface area contributed by atoms with Crippen molar-refractivity contribution in [1.29, 1.82) is 0 Å². The summed E-state index contributed by atoms with van der Waals surface area (Å²) < 4.78 is 25.0. The van der Waals surface area contributed by atoms with Gasteiger partial charge in [0.15, 0.2) is 20.4 Å². The second-order valence-corrected chi connectivity index (χ2v) is 14.1. The highest BCUT2D eigenvalue weighted by atomic mass is 28.4. The minimum Gasteiger partial charge on any atom is -0.390 e. The largest absolute Gasteiger partial charge is 0.390 e. The van der Waals surface area contributed by atoms with Crippen molar-refractivity contribution >= 4 is 14.5 Å². The van der Waals surface area contributed by atoms with Gasteiger partial charge in [0.05, 0.1) is 6.54 Å². The van der Waals surface area contributed by atoms with Crippen LogP contribution in [0.1, 0.15) is 40.2 Å². The molecule has 1 aromatic rings. The van der Waals surface area contributed by atoms with E-state index in [0.29, 0.717) is 6.54 Å².